The van der Waals surface area contributed by atoms with Crippen LogP contribution in [0.2, 0.25) is 0 Å². The molecule has 0 saturated carbocycles. The Morgan fingerprint density at radius 2 is 1.93 bits per heavy atom. The molecule has 6 heteroatoms. The first-order valence-corrected chi connectivity index (χ1v) is 9.95. The lowest BCUT2D eigenvalue weighted by atomic mass is 9.95. The molecular formula is C23H25FN4O. The van der Waals surface area contributed by atoms with Crippen LogP contribution in [0.3, 0.4) is 0 Å². The molecule has 0 aliphatic carbocycles. The van der Waals surface area contributed by atoms with E-state index in [-0.39, 0.29) is 17.8 Å². The summed E-state index contributed by atoms with van der Waals surface area (Å²) in [5.74, 6) is 0.101. The zero-order valence-corrected chi connectivity index (χ0v) is 16.5. The Kier molecular flexibility index (Phi) is 5.71. The highest BCUT2D eigenvalue weighted by molar-refractivity contribution is 5.64. The van der Waals surface area contributed by atoms with Gasteiger partial charge in [0.05, 0.1) is 12.0 Å². The van der Waals surface area contributed by atoms with Crippen LogP contribution in [0.1, 0.15) is 36.9 Å². The Labute approximate surface area is 170 Å². The van der Waals surface area contributed by atoms with Crippen LogP contribution in [0.5, 0.6) is 0 Å². The molecule has 2 N–H and O–H groups in total. The number of aliphatic imine (C=N–C) groups is 1. The van der Waals surface area contributed by atoms with E-state index in [0.29, 0.717) is 11.4 Å². The molecule has 4 rings (SSSR count). The van der Waals surface area contributed by atoms with E-state index >= 15 is 0 Å². The van der Waals surface area contributed by atoms with E-state index in [4.69, 9.17) is 10.3 Å². The Balaban J connectivity index is 1.46. The number of benzene rings is 2. The van der Waals surface area contributed by atoms with Crippen LogP contribution in [0.15, 0.2) is 64.1 Å². The average Bonchev–Trinajstić information content (AvgIpc) is 3.22. The van der Waals surface area contributed by atoms with E-state index < -0.39 is 0 Å². The summed E-state index contributed by atoms with van der Waals surface area (Å²) in [5, 5.41) is 4.13. The number of rotatable bonds is 5. The minimum absolute atomic E-state index is 0.102. The Bertz CT molecular complexity index is 978. The van der Waals surface area contributed by atoms with Crippen LogP contribution in [0.25, 0.3) is 11.1 Å². The number of hydrogen-bond donors (Lipinski definition) is 1. The summed E-state index contributed by atoms with van der Waals surface area (Å²) < 4.78 is 20.0. The van der Waals surface area contributed by atoms with E-state index in [1.54, 1.807) is 18.5 Å². The Morgan fingerprint density at radius 1 is 1.17 bits per heavy atom. The predicted molar refractivity (Wildman–Crippen MR) is 113 cm³/mol. The van der Waals surface area contributed by atoms with Crippen molar-refractivity contribution in [3.05, 3.63) is 71.7 Å². The first kappa shape index (κ1) is 19.3. The Morgan fingerprint density at radius 3 is 2.66 bits per heavy atom. The molecule has 1 fully saturated rings. The van der Waals surface area contributed by atoms with Crippen molar-refractivity contribution in [1.29, 1.82) is 0 Å². The molecule has 5 nitrogen and oxygen atoms in total. The summed E-state index contributed by atoms with van der Waals surface area (Å²) >= 11 is 0. The fourth-order valence-electron chi connectivity index (χ4n) is 3.54. The lowest BCUT2D eigenvalue weighted by molar-refractivity contribution is 0.320. The maximum absolute atomic E-state index is 14.7. The first-order chi connectivity index (χ1) is 14.1. The molecule has 3 aromatic rings. The van der Waals surface area contributed by atoms with Crippen molar-refractivity contribution in [2.45, 2.75) is 31.7 Å². The SMILES string of the molecule is CC(c1ccc(-c2ccccc2)c(F)c1)c1cc(N=CN2CCC(N)CC2)on1. The van der Waals surface area contributed by atoms with Gasteiger partial charge in [-0.2, -0.15) is 0 Å². The molecule has 0 bridgehead atoms. The van der Waals surface area contributed by atoms with Gasteiger partial charge in [-0.05, 0) is 30.0 Å². The zero-order chi connectivity index (χ0) is 20.2. The normalized spacial score (nSPS) is 16.4. The fourth-order valence-corrected chi connectivity index (χ4v) is 3.54. The van der Waals surface area contributed by atoms with Crippen LogP contribution in [-0.2, 0) is 0 Å². The molecule has 1 aromatic heterocycles. The van der Waals surface area contributed by atoms with Gasteiger partial charge in [-0.15, -0.1) is 0 Å². The van der Waals surface area contributed by atoms with Crippen LogP contribution < -0.4 is 5.73 Å². The van der Waals surface area contributed by atoms with Crippen LogP contribution in [-0.4, -0.2) is 35.5 Å². The minimum atomic E-state index is -0.245. The molecule has 0 amide bonds. The van der Waals surface area contributed by atoms with Crippen molar-refractivity contribution in [1.82, 2.24) is 10.1 Å². The lowest BCUT2D eigenvalue weighted by Gasteiger charge is -2.27. The van der Waals surface area contributed by atoms with Gasteiger partial charge in [0.15, 0.2) is 0 Å². The van der Waals surface area contributed by atoms with Gasteiger partial charge in [-0.3, -0.25) is 0 Å². The maximum Gasteiger partial charge on any atom is 0.252 e. The number of aromatic nitrogens is 1. The van der Waals surface area contributed by atoms with Crippen LogP contribution in [0, 0.1) is 5.82 Å². The number of halogens is 1. The number of likely N-dealkylation sites (tertiary alicyclic amines) is 1. The summed E-state index contributed by atoms with van der Waals surface area (Å²) in [6.45, 7) is 3.78. The van der Waals surface area contributed by atoms with E-state index in [1.807, 2.05) is 49.4 Å². The summed E-state index contributed by atoms with van der Waals surface area (Å²) in [6.07, 6.45) is 3.72. The van der Waals surface area contributed by atoms with E-state index in [1.165, 1.54) is 0 Å². The van der Waals surface area contributed by atoms with E-state index in [9.17, 15) is 4.39 Å². The highest BCUT2D eigenvalue weighted by Crippen LogP contribution is 2.30. The number of nitrogens with zero attached hydrogens (tertiary/aromatic N) is 3. The molecular weight excluding hydrogens is 367 g/mol. The molecule has 1 saturated heterocycles. The minimum Gasteiger partial charge on any atom is -0.362 e. The van der Waals surface area contributed by atoms with Gasteiger partial charge < -0.3 is 15.2 Å². The second-order valence-electron chi connectivity index (χ2n) is 7.53. The largest absolute Gasteiger partial charge is 0.362 e. The topological polar surface area (TPSA) is 67.7 Å². The number of nitrogens with two attached hydrogens (primary N) is 1. The molecule has 1 aliphatic rings. The van der Waals surface area contributed by atoms with Gasteiger partial charge in [-0.1, -0.05) is 54.5 Å². The number of hydrogen-bond acceptors (Lipinski definition) is 4. The molecule has 2 heterocycles. The van der Waals surface area contributed by atoms with E-state index in [2.05, 4.69) is 15.0 Å². The van der Waals surface area contributed by atoms with Gasteiger partial charge in [0.1, 0.15) is 5.82 Å². The average molecular weight is 392 g/mol. The molecule has 29 heavy (non-hydrogen) atoms. The molecule has 0 spiro atoms. The Hall–Kier alpha value is -2.99. The third kappa shape index (κ3) is 4.54. The maximum atomic E-state index is 14.7. The summed E-state index contributed by atoms with van der Waals surface area (Å²) in [5.41, 5.74) is 8.95. The first-order valence-electron chi connectivity index (χ1n) is 9.95. The van der Waals surface area contributed by atoms with Crippen LogP contribution >= 0.6 is 0 Å². The summed E-state index contributed by atoms with van der Waals surface area (Å²) in [4.78, 5) is 6.51. The van der Waals surface area contributed by atoms with Crippen molar-refractivity contribution in [3.63, 3.8) is 0 Å². The lowest BCUT2D eigenvalue weighted by Crippen LogP contribution is -2.38. The second kappa shape index (κ2) is 8.57. The third-order valence-electron chi connectivity index (χ3n) is 5.46. The van der Waals surface area contributed by atoms with Crippen molar-refractivity contribution in [3.8, 4) is 11.1 Å². The second-order valence-corrected chi connectivity index (χ2v) is 7.53. The standard InChI is InChI=1S/C23H25FN4O/c1-16(18-7-8-20(21(24)13-18)17-5-3-2-4-6-17)22-14-23(29-27-22)26-15-28-11-9-19(25)10-12-28/h2-8,13-16,19H,9-12,25H2,1H3. The summed E-state index contributed by atoms with van der Waals surface area (Å²) in [6, 6.07) is 16.9. The van der Waals surface area contributed by atoms with Crippen molar-refractivity contribution in [2.75, 3.05) is 13.1 Å². The molecule has 1 aliphatic heterocycles. The van der Waals surface area contributed by atoms with Crippen molar-refractivity contribution >= 4 is 12.2 Å². The number of piperidine rings is 1. The van der Waals surface area contributed by atoms with Gasteiger partial charge in [0.25, 0.3) is 5.88 Å². The van der Waals surface area contributed by atoms with Crippen molar-refractivity contribution in [2.24, 2.45) is 10.7 Å². The zero-order valence-electron chi connectivity index (χ0n) is 16.5. The fraction of sp³-hybridized carbons (Fsp3) is 0.304. The third-order valence-corrected chi connectivity index (χ3v) is 5.46. The van der Waals surface area contributed by atoms with Gasteiger partial charge in [-0.25, -0.2) is 9.38 Å². The highest BCUT2D eigenvalue weighted by atomic mass is 19.1. The molecule has 0 radical (unpaired) electrons. The molecule has 1 unspecified atom stereocenters. The van der Waals surface area contributed by atoms with Gasteiger partial charge >= 0.3 is 0 Å². The monoisotopic (exact) mass is 392 g/mol. The molecule has 2 aromatic carbocycles. The molecule has 150 valence electrons. The quantitative estimate of drug-likeness (QED) is 0.504. The van der Waals surface area contributed by atoms with E-state index in [0.717, 1.165) is 42.8 Å². The van der Waals surface area contributed by atoms with Gasteiger partial charge in [0, 0.05) is 36.7 Å². The summed E-state index contributed by atoms with van der Waals surface area (Å²) in [7, 11) is 0. The van der Waals surface area contributed by atoms with Gasteiger partial charge in [0.2, 0.25) is 0 Å². The highest BCUT2D eigenvalue weighted by Gasteiger charge is 2.17. The smallest absolute Gasteiger partial charge is 0.252 e. The van der Waals surface area contributed by atoms with Crippen LogP contribution in [0.4, 0.5) is 10.3 Å². The predicted octanol–water partition coefficient (Wildman–Crippen LogP) is 4.72. The molecule has 1 atom stereocenters. The van der Waals surface area contributed by atoms with Crippen molar-refractivity contribution < 1.29 is 8.91 Å².